The maximum absolute atomic E-state index is 12.2. The van der Waals surface area contributed by atoms with Crippen molar-refractivity contribution in [1.29, 1.82) is 5.26 Å². The average Bonchev–Trinajstić information content (AvgIpc) is 3.05. The van der Waals surface area contributed by atoms with Crippen LogP contribution < -0.4 is 10.1 Å². The summed E-state index contributed by atoms with van der Waals surface area (Å²) in [5.74, 6) is 0.415. The number of nitrogens with one attached hydrogen (secondary N) is 1. The van der Waals surface area contributed by atoms with E-state index in [4.69, 9.17) is 9.47 Å². The quantitative estimate of drug-likeness (QED) is 0.422. The molecule has 1 heterocycles. The Morgan fingerprint density at radius 3 is 3.00 bits per heavy atom. The van der Waals surface area contributed by atoms with E-state index in [1.54, 1.807) is 0 Å². The molecule has 158 valence electrons. The zero-order valence-electron chi connectivity index (χ0n) is 16.7. The maximum Gasteiger partial charge on any atom is 0.306 e. The van der Waals surface area contributed by atoms with Crippen LogP contribution in [-0.4, -0.2) is 25.1 Å². The number of halogens is 1. The van der Waals surface area contributed by atoms with Crippen LogP contribution in [0, 0.1) is 17.2 Å². The summed E-state index contributed by atoms with van der Waals surface area (Å²) in [6.45, 7) is 2.20. The van der Waals surface area contributed by atoms with E-state index < -0.39 is 11.9 Å². The molecule has 0 saturated heterocycles. The van der Waals surface area contributed by atoms with Gasteiger partial charge in [-0.15, -0.1) is 11.3 Å². The number of anilines is 1. The van der Waals surface area contributed by atoms with Crippen molar-refractivity contribution in [2.75, 3.05) is 18.5 Å². The van der Waals surface area contributed by atoms with Crippen molar-refractivity contribution in [2.45, 2.75) is 39.0 Å². The fourth-order valence-electron chi connectivity index (χ4n) is 3.30. The van der Waals surface area contributed by atoms with Crippen LogP contribution in [0.25, 0.3) is 0 Å². The summed E-state index contributed by atoms with van der Waals surface area (Å²) in [4.78, 5) is 25.2. The van der Waals surface area contributed by atoms with Gasteiger partial charge in [-0.05, 0) is 55.4 Å². The Kier molecular flexibility index (Phi) is 7.88. The Bertz CT molecular complexity index is 967. The van der Waals surface area contributed by atoms with Crippen molar-refractivity contribution in [1.82, 2.24) is 0 Å². The number of benzene rings is 1. The third kappa shape index (κ3) is 6.07. The summed E-state index contributed by atoms with van der Waals surface area (Å²) in [6.07, 6.45) is 3.50. The van der Waals surface area contributed by atoms with Gasteiger partial charge in [-0.3, -0.25) is 9.59 Å². The van der Waals surface area contributed by atoms with E-state index in [0.717, 1.165) is 35.0 Å². The highest BCUT2D eigenvalue weighted by atomic mass is 79.9. The molecule has 0 spiro atoms. The number of fused-ring (bicyclic) bond motifs is 1. The first-order valence-corrected chi connectivity index (χ1v) is 11.5. The van der Waals surface area contributed by atoms with Crippen molar-refractivity contribution < 1.29 is 19.1 Å². The molecule has 3 rings (SSSR count). The van der Waals surface area contributed by atoms with Crippen LogP contribution in [0.2, 0.25) is 0 Å². The highest BCUT2D eigenvalue weighted by Crippen LogP contribution is 2.39. The fraction of sp³-hybridized carbons (Fsp3) is 0.409. The highest BCUT2D eigenvalue weighted by molar-refractivity contribution is 9.10. The largest absolute Gasteiger partial charge is 0.494 e. The lowest BCUT2D eigenvalue weighted by Crippen LogP contribution is -2.21. The van der Waals surface area contributed by atoms with Crippen LogP contribution in [0.3, 0.4) is 0 Å². The molecule has 1 unspecified atom stereocenters. The second-order valence-corrected chi connectivity index (χ2v) is 9.31. The Morgan fingerprint density at radius 1 is 1.40 bits per heavy atom. The fourth-order valence-corrected chi connectivity index (χ4v) is 5.06. The molecule has 2 aromatic rings. The summed E-state index contributed by atoms with van der Waals surface area (Å²) in [7, 11) is 0. The van der Waals surface area contributed by atoms with E-state index >= 15 is 0 Å². The molecule has 0 aliphatic heterocycles. The van der Waals surface area contributed by atoms with Gasteiger partial charge >= 0.3 is 5.97 Å². The zero-order valence-corrected chi connectivity index (χ0v) is 19.1. The minimum atomic E-state index is -0.456. The van der Waals surface area contributed by atoms with Crippen molar-refractivity contribution in [3.63, 3.8) is 0 Å². The number of esters is 1. The third-order valence-electron chi connectivity index (χ3n) is 4.83. The van der Waals surface area contributed by atoms with Crippen LogP contribution in [0.1, 0.15) is 42.2 Å². The molecule has 1 N–H and O–H groups in total. The smallest absolute Gasteiger partial charge is 0.306 e. The molecule has 0 fully saturated rings. The number of nitriles is 1. The number of hydrogen-bond donors (Lipinski definition) is 1. The Balaban J connectivity index is 1.40. The lowest BCUT2D eigenvalue weighted by molar-refractivity contribution is -0.147. The van der Waals surface area contributed by atoms with Crippen molar-refractivity contribution in [3.8, 4) is 11.8 Å². The van der Waals surface area contributed by atoms with E-state index in [-0.39, 0.29) is 13.0 Å². The molecular weight excluding hydrogens is 468 g/mol. The zero-order chi connectivity index (χ0) is 21.5. The highest BCUT2D eigenvalue weighted by Gasteiger charge is 2.24. The third-order valence-corrected chi connectivity index (χ3v) is 6.49. The first kappa shape index (κ1) is 22.3. The van der Waals surface area contributed by atoms with Crippen LogP contribution in [-0.2, 0) is 27.2 Å². The van der Waals surface area contributed by atoms with Crippen molar-refractivity contribution in [2.24, 2.45) is 5.92 Å². The Morgan fingerprint density at radius 2 is 2.23 bits per heavy atom. The van der Waals surface area contributed by atoms with Gasteiger partial charge < -0.3 is 14.8 Å². The summed E-state index contributed by atoms with van der Waals surface area (Å²) in [6, 6.07) is 9.67. The molecule has 6 nitrogen and oxygen atoms in total. The molecule has 8 heteroatoms. The monoisotopic (exact) mass is 490 g/mol. The topological polar surface area (TPSA) is 88.4 Å². The van der Waals surface area contributed by atoms with E-state index in [0.29, 0.717) is 29.5 Å². The van der Waals surface area contributed by atoms with Crippen LogP contribution >= 0.6 is 27.3 Å². The molecular formula is C22H23BrN2O4S. The molecule has 1 aliphatic rings. The summed E-state index contributed by atoms with van der Waals surface area (Å²) >= 11 is 4.82. The molecule has 0 bridgehead atoms. The van der Waals surface area contributed by atoms with Crippen molar-refractivity contribution in [3.05, 3.63) is 44.7 Å². The number of carbonyl (C=O) groups excluding carboxylic acids is 2. The molecule has 1 aromatic heterocycles. The minimum absolute atomic E-state index is 0.163. The SMILES string of the molecule is CC1CCc2c(sc(NC(=O)COC(=O)CCCOc3cccc(Br)c3)c2C#N)C1. The standard InChI is InChI=1S/C22H23BrN2O4S/c1-14-7-8-17-18(12-24)22(30-19(17)10-14)25-20(26)13-29-21(27)6-3-9-28-16-5-2-4-15(23)11-16/h2,4-5,11,14H,3,6-10,13H2,1H3,(H,25,26). The van der Waals surface area contributed by atoms with E-state index in [2.05, 4.69) is 34.2 Å². The summed E-state index contributed by atoms with van der Waals surface area (Å²) < 4.78 is 11.5. The van der Waals surface area contributed by atoms with Gasteiger partial charge in [0.2, 0.25) is 0 Å². The number of rotatable bonds is 8. The minimum Gasteiger partial charge on any atom is -0.494 e. The second kappa shape index (κ2) is 10.6. The van der Waals surface area contributed by atoms with E-state index in [1.165, 1.54) is 16.2 Å². The van der Waals surface area contributed by atoms with Crippen molar-refractivity contribution >= 4 is 44.1 Å². The second-order valence-electron chi connectivity index (χ2n) is 7.29. The predicted octanol–water partition coefficient (Wildman–Crippen LogP) is 4.85. The van der Waals surface area contributed by atoms with Gasteiger partial charge in [-0.1, -0.05) is 28.9 Å². The molecule has 1 aliphatic carbocycles. The Hall–Kier alpha value is -2.37. The lowest BCUT2D eigenvalue weighted by atomic mass is 9.89. The number of thiophene rings is 1. The molecule has 0 radical (unpaired) electrons. The number of ether oxygens (including phenoxy) is 2. The number of amides is 1. The van der Waals surface area contributed by atoms with Gasteiger partial charge in [-0.2, -0.15) is 5.26 Å². The molecule has 0 saturated carbocycles. The number of hydrogen-bond acceptors (Lipinski definition) is 6. The van der Waals surface area contributed by atoms with Gasteiger partial charge in [0.15, 0.2) is 6.61 Å². The predicted molar refractivity (Wildman–Crippen MR) is 119 cm³/mol. The lowest BCUT2D eigenvalue weighted by Gasteiger charge is -2.17. The summed E-state index contributed by atoms with van der Waals surface area (Å²) in [5, 5.41) is 12.8. The number of carbonyl (C=O) groups is 2. The van der Waals surface area contributed by atoms with Crippen LogP contribution in [0.4, 0.5) is 5.00 Å². The Labute approximate surface area is 188 Å². The first-order valence-electron chi connectivity index (χ1n) is 9.84. The van der Waals surface area contributed by atoms with E-state index in [1.807, 2.05) is 24.3 Å². The van der Waals surface area contributed by atoms with Gasteiger partial charge in [0.05, 0.1) is 12.2 Å². The van der Waals surface area contributed by atoms with E-state index in [9.17, 15) is 14.9 Å². The molecule has 30 heavy (non-hydrogen) atoms. The first-order chi connectivity index (χ1) is 14.5. The van der Waals surface area contributed by atoms with Crippen LogP contribution in [0.5, 0.6) is 5.75 Å². The normalized spacial score (nSPS) is 15.0. The van der Waals surface area contributed by atoms with Gasteiger partial charge in [0.25, 0.3) is 5.91 Å². The maximum atomic E-state index is 12.2. The molecule has 1 atom stereocenters. The summed E-state index contributed by atoms with van der Waals surface area (Å²) in [5.41, 5.74) is 1.60. The average molecular weight is 491 g/mol. The number of nitrogens with zero attached hydrogens (tertiary/aromatic N) is 1. The van der Waals surface area contributed by atoms with Crippen LogP contribution in [0.15, 0.2) is 28.7 Å². The molecule has 1 aromatic carbocycles. The van der Waals surface area contributed by atoms with Gasteiger partial charge in [0.1, 0.15) is 16.8 Å². The van der Waals surface area contributed by atoms with Gasteiger partial charge in [-0.25, -0.2) is 0 Å². The molecule has 1 amide bonds. The van der Waals surface area contributed by atoms with Gasteiger partial charge in [0, 0.05) is 15.8 Å².